The molecule has 0 aliphatic heterocycles. The number of rotatable bonds is 5. The maximum absolute atomic E-state index is 9.89. The summed E-state index contributed by atoms with van der Waals surface area (Å²) in [6.07, 6.45) is 4.42. The number of aliphatic hydroxyl groups excluding tert-OH is 1. The van der Waals surface area contributed by atoms with Crippen LogP contribution < -0.4 is 10.1 Å². The van der Waals surface area contributed by atoms with E-state index < -0.39 is 0 Å². The summed E-state index contributed by atoms with van der Waals surface area (Å²) in [5.74, 6) is 1.32. The van der Waals surface area contributed by atoms with Gasteiger partial charge in [-0.3, -0.25) is 0 Å². The predicted molar refractivity (Wildman–Crippen MR) is 72.7 cm³/mol. The summed E-state index contributed by atoms with van der Waals surface area (Å²) in [6, 6.07) is 8.09. The highest BCUT2D eigenvalue weighted by molar-refractivity contribution is 5.28. The molecule has 2 rings (SSSR count). The van der Waals surface area contributed by atoms with Crippen molar-refractivity contribution < 1.29 is 9.84 Å². The molecule has 2 atom stereocenters. The zero-order valence-corrected chi connectivity index (χ0v) is 11.1. The fourth-order valence-corrected chi connectivity index (χ4v) is 2.61. The highest BCUT2D eigenvalue weighted by atomic mass is 16.5. The lowest BCUT2D eigenvalue weighted by Gasteiger charge is -2.27. The minimum atomic E-state index is -0.114. The van der Waals surface area contributed by atoms with E-state index in [4.69, 9.17) is 4.74 Å². The molecule has 0 spiro atoms. The Balaban J connectivity index is 1.77. The maximum atomic E-state index is 9.89. The molecule has 0 heterocycles. The van der Waals surface area contributed by atoms with Crippen LogP contribution in [0.2, 0.25) is 0 Å². The molecule has 100 valence electrons. The van der Waals surface area contributed by atoms with Crippen LogP contribution in [0, 0.1) is 5.92 Å². The number of hydrogen-bond donors (Lipinski definition) is 2. The number of ether oxygens (including phenoxy) is 1. The molecule has 1 fully saturated rings. The highest BCUT2D eigenvalue weighted by Crippen LogP contribution is 2.23. The molecule has 1 aromatic carbocycles. The Morgan fingerprint density at radius 1 is 1.33 bits per heavy atom. The van der Waals surface area contributed by atoms with Gasteiger partial charge in [0.25, 0.3) is 0 Å². The number of aliphatic hydroxyl groups is 1. The van der Waals surface area contributed by atoms with E-state index in [1.165, 1.54) is 18.4 Å². The van der Waals surface area contributed by atoms with Crippen LogP contribution in [0.3, 0.4) is 0 Å². The molecule has 2 N–H and O–H groups in total. The average Bonchev–Trinajstić information content (AvgIpc) is 2.41. The zero-order chi connectivity index (χ0) is 12.8. The molecule has 1 aliphatic rings. The van der Waals surface area contributed by atoms with Crippen molar-refractivity contribution in [2.45, 2.75) is 38.3 Å². The van der Waals surface area contributed by atoms with Crippen LogP contribution in [0.25, 0.3) is 0 Å². The van der Waals surface area contributed by atoms with E-state index in [9.17, 15) is 5.11 Å². The van der Waals surface area contributed by atoms with Crippen molar-refractivity contribution in [3.05, 3.63) is 29.8 Å². The van der Waals surface area contributed by atoms with Crippen molar-refractivity contribution >= 4 is 0 Å². The van der Waals surface area contributed by atoms with Gasteiger partial charge in [0.15, 0.2) is 0 Å². The molecule has 0 radical (unpaired) electrons. The summed E-state index contributed by atoms with van der Waals surface area (Å²) < 4.78 is 5.20. The van der Waals surface area contributed by atoms with Crippen LogP contribution >= 0.6 is 0 Å². The second-order valence-corrected chi connectivity index (χ2v) is 5.09. The lowest BCUT2D eigenvalue weighted by atomic mass is 9.86. The highest BCUT2D eigenvalue weighted by Gasteiger charge is 2.22. The molecule has 2 unspecified atom stereocenters. The topological polar surface area (TPSA) is 41.5 Å². The summed E-state index contributed by atoms with van der Waals surface area (Å²) in [6.45, 7) is 1.73. The monoisotopic (exact) mass is 249 g/mol. The van der Waals surface area contributed by atoms with Crippen LogP contribution in [0.5, 0.6) is 5.75 Å². The first-order valence-electron chi connectivity index (χ1n) is 6.81. The van der Waals surface area contributed by atoms with Crippen LogP contribution in [-0.2, 0) is 6.54 Å². The van der Waals surface area contributed by atoms with Gasteiger partial charge >= 0.3 is 0 Å². The van der Waals surface area contributed by atoms with Gasteiger partial charge in [-0.2, -0.15) is 0 Å². The van der Waals surface area contributed by atoms with Crippen LogP contribution in [0.1, 0.15) is 31.2 Å². The minimum absolute atomic E-state index is 0.114. The summed E-state index contributed by atoms with van der Waals surface area (Å²) >= 11 is 0. The molecule has 1 saturated carbocycles. The minimum Gasteiger partial charge on any atom is -0.497 e. The van der Waals surface area contributed by atoms with Crippen molar-refractivity contribution in [1.29, 1.82) is 0 Å². The number of benzene rings is 1. The van der Waals surface area contributed by atoms with Crippen molar-refractivity contribution in [3.63, 3.8) is 0 Å². The van der Waals surface area contributed by atoms with Gasteiger partial charge in [0.2, 0.25) is 0 Å². The fraction of sp³-hybridized carbons (Fsp3) is 0.600. The van der Waals surface area contributed by atoms with Gasteiger partial charge in [0.05, 0.1) is 13.2 Å². The summed E-state index contributed by atoms with van der Waals surface area (Å²) in [4.78, 5) is 0. The zero-order valence-electron chi connectivity index (χ0n) is 11.1. The second kappa shape index (κ2) is 6.76. The lowest BCUT2D eigenvalue weighted by Crippen LogP contribution is -2.33. The first-order valence-corrected chi connectivity index (χ1v) is 6.81. The van der Waals surface area contributed by atoms with Crippen LogP contribution in [-0.4, -0.2) is 24.9 Å². The van der Waals surface area contributed by atoms with Gasteiger partial charge in [-0.15, -0.1) is 0 Å². The van der Waals surface area contributed by atoms with E-state index in [1.54, 1.807) is 7.11 Å². The van der Waals surface area contributed by atoms with Gasteiger partial charge in [-0.1, -0.05) is 25.0 Å². The molecule has 3 heteroatoms. The Hall–Kier alpha value is -1.06. The van der Waals surface area contributed by atoms with E-state index in [0.717, 1.165) is 31.7 Å². The Labute approximate surface area is 109 Å². The Morgan fingerprint density at radius 3 is 2.94 bits per heavy atom. The molecule has 0 amide bonds. The second-order valence-electron chi connectivity index (χ2n) is 5.09. The Morgan fingerprint density at radius 2 is 2.17 bits per heavy atom. The number of hydrogen-bond acceptors (Lipinski definition) is 3. The Kier molecular flexibility index (Phi) is 5.02. The van der Waals surface area contributed by atoms with E-state index in [1.807, 2.05) is 18.2 Å². The summed E-state index contributed by atoms with van der Waals surface area (Å²) in [5, 5.41) is 13.3. The normalized spacial score (nSPS) is 23.9. The van der Waals surface area contributed by atoms with Crippen molar-refractivity contribution in [2.75, 3.05) is 13.7 Å². The van der Waals surface area contributed by atoms with Gasteiger partial charge < -0.3 is 15.2 Å². The van der Waals surface area contributed by atoms with Gasteiger partial charge in [-0.05, 0) is 36.5 Å². The molecule has 0 bridgehead atoms. The summed E-state index contributed by atoms with van der Waals surface area (Å²) in [5.41, 5.74) is 1.22. The SMILES string of the molecule is COc1cccc(CNCC2CCCCC2O)c1. The van der Waals surface area contributed by atoms with Crippen LogP contribution in [0.15, 0.2) is 24.3 Å². The fourth-order valence-electron chi connectivity index (χ4n) is 2.61. The number of nitrogens with one attached hydrogen (secondary N) is 1. The van der Waals surface area contributed by atoms with Gasteiger partial charge in [-0.25, -0.2) is 0 Å². The lowest BCUT2D eigenvalue weighted by molar-refractivity contribution is 0.0695. The van der Waals surface area contributed by atoms with Crippen molar-refractivity contribution in [3.8, 4) is 5.75 Å². The van der Waals surface area contributed by atoms with E-state index in [2.05, 4.69) is 11.4 Å². The molecular weight excluding hydrogens is 226 g/mol. The Bertz CT molecular complexity index is 367. The smallest absolute Gasteiger partial charge is 0.119 e. The average molecular weight is 249 g/mol. The molecule has 0 saturated heterocycles. The molecule has 1 aromatic rings. The molecular formula is C15H23NO2. The first kappa shape index (κ1) is 13.4. The van der Waals surface area contributed by atoms with E-state index >= 15 is 0 Å². The predicted octanol–water partition coefficient (Wildman–Crippen LogP) is 2.34. The standard InChI is InChI=1S/C15H23NO2/c1-18-14-7-4-5-12(9-14)10-16-11-13-6-2-3-8-15(13)17/h4-5,7,9,13,15-17H,2-3,6,8,10-11H2,1H3. The van der Waals surface area contributed by atoms with Gasteiger partial charge in [0, 0.05) is 13.1 Å². The van der Waals surface area contributed by atoms with Gasteiger partial charge in [0.1, 0.15) is 5.75 Å². The number of methoxy groups -OCH3 is 1. The van der Waals surface area contributed by atoms with Crippen molar-refractivity contribution in [1.82, 2.24) is 5.32 Å². The third kappa shape index (κ3) is 3.72. The third-order valence-corrected chi connectivity index (χ3v) is 3.74. The molecule has 0 aromatic heterocycles. The molecule has 18 heavy (non-hydrogen) atoms. The first-order chi connectivity index (χ1) is 8.79. The summed E-state index contributed by atoms with van der Waals surface area (Å²) in [7, 11) is 1.69. The van der Waals surface area contributed by atoms with E-state index in [-0.39, 0.29) is 6.10 Å². The largest absolute Gasteiger partial charge is 0.497 e. The third-order valence-electron chi connectivity index (χ3n) is 3.74. The molecule has 3 nitrogen and oxygen atoms in total. The van der Waals surface area contributed by atoms with Crippen molar-refractivity contribution in [2.24, 2.45) is 5.92 Å². The molecule has 1 aliphatic carbocycles. The quantitative estimate of drug-likeness (QED) is 0.841. The van der Waals surface area contributed by atoms with E-state index in [0.29, 0.717) is 5.92 Å². The van der Waals surface area contributed by atoms with Crippen LogP contribution in [0.4, 0.5) is 0 Å². The maximum Gasteiger partial charge on any atom is 0.119 e.